The van der Waals surface area contributed by atoms with Gasteiger partial charge in [0.15, 0.2) is 12.6 Å². The molecule has 0 amide bonds. The van der Waals surface area contributed by atoms with E-state index in [1.54, 1.807) is 38.5 Å². The molecule has 0 spiro atoms. The molecule has 0 bridgehead atoms. The van der Waals surface area contributed by atoms with E-state index in [9.17, 15) is 9.18 Å². The first-order chi connectivity index (χ1) is 10.1. The van der Waals surface area contributed by atoms with Gasteiger partial charge in [-0.25, -0.2) is 4.39 Å². The second kappa shape index (κ2) is 12.3. The van der Waals surface area contributed by atoms with E-state index in [-0.39, 0.29) is 12.9 Å². The Morgan fingerprint density at radius 3 is 2.14 bits per heavy atom. The second-order valence-corrected chi connectivity index (χ2v) is 4.34. The zero-order chi connectivity index (χ0) is 16.1. The summed E-state index contributed by atoms with van der Waals surface area (Å²) in [5, 5.41) is 0. The van der Waals surface area contributed by atoms with E-state index >= 15 is 0 Å². The minimum Gasteiger partial charge on any atom is -0.486 e. The number of carbonyl (C=O) groups is 1. The number of methoxy groups -OCH3 is 2. The Labute approximate surface area is 126 Å². The molecule has 1 aromatic rings. The summed E-state index contributed by atoms with van der Waals surface area (Å²) in [6.07, 6.45) is 1.07. The van der Waals surface area contributed by atoms with Gasteiger partial charge in [-0.2, -0.15) is 0 Å². The van der Waals surface area contributed by atoms with Crippen LogP contribution in [-0.2, 0) is 14.3 Å². The summed E-state index contributed by atoms with van der Waals surface area (Å²) in [5.41, 5.74) is 0.662. The first kappa shape index (κ1) is 19.5. The largest absolute Gasteiger partial charge is 0.486 e. The van der Waals surface area contributed by atoms with Gasteiger partial charge in [0.2, 0.25) is 0 Å². The molecule has 0 aliphatic rings. The number of aldehydes is 1. The average molecular weight is 300 g/mol. The van der Waals surface area contributed by atoms with E-state index in [2.05, 4.69) is 9.47 Å². The fourth-order valence-electron chi connectivity index (χ4n) is 1.42. The number of benzene rings is 1. The van der Waals surface area contributed by atoms with Crippen LogP contribution in [0, 0.1) is 0 Å². The van der Waals surface area contributed by atoms with Crippen molar-refractivity contribution in [1.29, 1.82) is 0 Å². The smallest absolute Gasteiger partial charge is 0.157 e. The number of hydrogen-bond acceptors (Lipinski definition) is 4. The molecule has 1 aromatic carbocycles. The van der Waals surface area contributed by atoms with Gasteiger partial charge >= 0.3 is 0 Å². The molecule has 1 rings (SSSR count). The van der Waals surface area contributed by atoms with Crippen molar-refractivity contribution < 1.29 is 23.4 Å². The Kier molecular flexibility index (Phi) is 11.4. The Balaban J connectivity index is 0.000000567. The third kappa shape index (κ3) is 9.15. The number of alkyl halides is 1. The fraction of sp³-hybridized carbons (Fsp3) is 0.562. The topological polar surface area (TPSA) is 44.8 Å². The van der Waals surface area contributed by atoms with Crippen molar-refractivity contribution in [1.82, 2.24) is 0 Å². The highest BCUT2D eigenvalue weighted by atomic mass is 19.1. The van der Waals surface area contributed by atoms with Gasteiger partial charge in [-0.05, 0) is 31.0 Å². The van der Waals surface area contributed by atoms with Gasteiger partial charge in [0.05, 0.1) is 0 Å². The van der Waals surface area contributed by atoms with Crippen molar-refractivity contribution in [3.05, 3.63) is 29.8 Å². The third-order valence-corrected chi connectivity index (χ3v) is 2.77. The Morgan fingerprint density at radius 1 is 1.19 bits per heavy atom. The maximum atomic E-state index is 13.4. The van der Waals surface area contributed by atoms with E-state index in [1.807, 2.05) is 13.8 Å². The molecule has 21 heavy (non-hydrogen) atoms. The van der Waals surface area contributed by atoms with E-state index in [0.29, 0.717) is 24.0 Å². The minimum atomic E-state index is -0.907. The average Bonchev–Trinajstić information content (AvgIpc) is 2.53. The molecular formula is C16H25FO4. The zero-order valence-electron chi connectivity index (χ0n) is 13.2. The van der Waals surface area contributed by atoms with Crippen LogP contribution in [0.25, 0.3) is 0 Å². The summed E-state index contributed by atoms with van der Waals surface area (Å²) in [6, 6.07) is 6.75. The van der Waals surface area contributed by atoms with Crippen LogP contribution < -0.4 is 4.74 Å². The van der Waals surface area contributed by atoms with Gasteiger partial charge in [-0.3, -0.25) is 4.79 Å². The van der Waals surface area contributed by atoms with E-state index in [0.717, 1.165) is 6.42 Å². The van der Waals surface area contributed by atoms with Gasteiger partial charge < -0.3 is 14.2 Å². The maximum absolute atomic E-state index is 13.4. The van der Waals surface area contributed by atoms with Gasteiger partial charge in [0.25, 0.3) is 0 Å². The molecule has 1 atom stereocenters. The normalized spacial score (nSPS) is 11.5. The van der Waals surface area contributed by atoms with Crippen LogP contribution in [0.5, 0.6) is 5.75 Å². The van der Waals surface area contributed by atoms with Crippen molar-refractivity contribution in [2.45, 2.75) is 39.2 Å². The van der Waals surface area contributed by atoms with Crippen LogP contribution in [0.4, 0.5) is 4.39 Å². The lowest BCUT2D eigenvalue weighted by Gasteiger charge is -2.08. The Bertz CT molecular complexity index is 363. The molecule has 0 N–H and O–H groups in total. The minimum absolute atomic E-state index is 0.0351. The molecule has 1 unspecified atom stereocenters. The molecule has 5 heteroatoms. The van der Waals surface area contributed by atoms with Crippen LogP contribution in [0.3, 0.4) is 0 Å². The number of hydrogen-bond donors (Lipinski definition) is 0. The van der Waals surface area contributed by atoms with E-state index in [1.165, 1.54) is 0 Å². The van der Waals surface area contributed by atoms with Crippen LogP contribution in [0.2, 0.25) is 0 Å². The molecule has 0 saturated carbocycles. The van der Waals surface area contributed by atoms with Crippen LogP contribution in [0.1, 0.15) is 38.4 Å². The summed E-state index contributed by atoms with van der Waals surface area (Å²) in [7, 11) is 3.21. The SMILES string of the molecule is CCCC(F)c1ccc(OCC=O)cc1.COC(C)OC. The molecule has 0 heterocycles. The lowest BCUT2D eigenvalue weighted by molar-refractivity contribution is -0.109. The Morgan fingerprint density at radius 2 is 1.76 bits per heavy atom. The van der Waals surface area contributed by atoms with E-state index in [4.69, 9.17) is 4.74 Å². The summed E-state index contributed by atoms with van der Waals surface area (Å²) in [4.78, 5) is 10.1. The molecule has 0 aliphatic carbocycles. The molecule has 4 nitrogen and oxygen atoms in total. The molecule has 0 aromatic heterocycles. The van der Waals surface area contributed by atoms with Crippen LogP contribution >= 0.6 is 0 Å². The Hall–Kier alpha value is -1.46. The summed E-state index contributed by atoms with van der Waals surface area (Å²) in [5.74, 6) is 0.592. The first-order valence-corrected chi connectivity index (χ1v) is 6.95. The lowest BCUT2D eigenvalue weighted by atomic mass is 10.1. The predicted octanol–water partition coefficient (Wildman–Crippen LogP) is 3.70. The van der Waals surface area contributed by atoms with Gasteiger partial charge in [0, 0.05) is 14.2 Å². The molecule has 0 saturated heterocycles. The maximum Gasteiger partial charge on any atom is 0.157 e. The number of halogens is 1. The van der Waals surface area contributed by atoms with Crippen molar-refractivity contribution in [3.8, 4) is 5.75 Å². The fourth-order valence-corrected chi connectivity index (χ4v) is 1.42. The highest BCUT2D eigenvalue weighted by Gasteiger charge is 2.07. The predicted molar refractivity (Wildman–Crippen MR) is 80.2 cm³/mol. The molecule has 0 fully saturated rings. The van der Waals surface area contributed by atoms with Crippen molar-refractivity contribution in [3.63, 3.8) is 0 Å². The van der Waals surface area contributed by atoms with Crippen LogP contribution in [0.15, 0.2) is 24.3 Å². The summed E-state index contributed by atoms with van der Waals surface area (Å²) in [6.45, 7) is 3.82. The third-order valence-electron chi connectivity index (χ3n) is 2.77. The summed E-state index contributed by atoms with van der Waals surface area (Å²) < 4.78 is 27.8. The molecular weight excluding hydrogens is 275 g/mol. The number of carbonyl (C=O) groups excluding carboxylic acids is 1. The van der Waals surface area contributed by atoms with Crippen molar-refractivity contribution in [2.75, 3.05) is 20.8 Å². The van der Waals surface area contributed by atoms with Crippen LogP contribution in [-0.4, -0.2) is 33.4 Å². The zero-order valence-corrected chi connectivity index (χ0v) is 13.2. The van der Waals surface area contributed by atoms with Crippen molar-refractivity contribution >= 4 is 6.29 Å². The van der Waals surface area contributed by atoms with Gasteiger partial charge in [0.1, 0.15) is 18.5 Å². The molecule has 0 radical (unpaired) electrons. The van der Waals surface area contributed by atoms with Gasteiger partial charge in [-0.1, -0.05) is 25.5 Å². The van der Waals surface area contributed by atoms with Gasteiger partial charge in [-0.15, -0.1) is 0 Å². The van der Waals surface area contributed by atoms with E-state index < -0.39 is 6.17 Å². The second-order valence-electron chi connectivity index (χ2n) is 4.34. The standard InChI is InChI=1S/C12H15FO2.C4H10O2/c1-2-3-12(13)10-4-6-11(7-5-10)15-9-8-14;1-4(5-2)6-3/h4-8,12H,2-3,9H2,1H3;4H,1-3H3. The highest BCUT2D eigenvalue weighted by molar-refractivity contribution is 5.51. The quantitative estimate of drug-likeness (QED) is 0.542. The number of rotatable bonds is 8. The monoisotopic (exact) mass is 300 g/mol. The number of ether oxygens (including phenoxy) is 3. The molecule has 120 valence electrons. The molecule has 0 aliphatic heterocycles. The summed E-state index contributed by atoms with van der Waals surface area (Å²) >= 11 is 0. The first-order valence-electron chi connectivity index (χ1n) is 6.95. The highest BCUT2D eigenvalue weighted by Crippen LogP contribution is 2.24. The van der Waals surface area contributed by atoms with Crippen molar-refractivity contribution in [2.24, 2.45) is 0 Å². The lowest BCUT2D eigenvalue weighted by Crippen LogP contribution is -2.05.